The molecule has 1 N–H and O–H groups in total. The smallest absolute Gasteiger partial charge is 0.310 e. The number of rotatable bonds is 5. The van der Waals surface area contributed by atoms with E-state index in [1.807, 2.05) is 0 Å². The molecule has 3 nitrogen and oxygen atoms in total. The zero-order valence-electron chi connectivity index (χ0n) is 10.8. The maximum atomic E-state index is 13.5. The van der Waals surface area contributed by atoms with Crippen LogP contribution in [0.4, 0.5) is 8.78 Å². The van der Waals surface area contributed by atoms with Gasteiger partial charge in [-0.3, -0.25) is 4.79 Å². The topological polar surface area (TPSA) is 40.5 Å². The molecule has 1 fully saturated rings. The number of nitrogens with zero attached hydrogens (tertiary/aromatic N) is 1. The van der Waals surface area contributed by atoms with Gasteiger partial charge in [0.1, 0.15) is 11.6 Å². The van der Waals surface area contributed by atoms with Crippen molar-refractivity contribution < 1.29 is 18.7 Å². The molecule has 0 aromatic heterocycles. The lowest BCUT2D eigenvalue weighted by Crippen LogP contribution is -2.46. The standard InChI is InChI=1S/C14H17F2NO2/c1-17(9-14(13(18)19)5-2-6-14)8-10-3-4-11(15)7-12(10)16/h3-4,7H,2,5-6,8-9H2,1H3,(H,18,19). The van der Waals surface area contributed by atoms with Gasteiger partial charge in [-0.1, -0.05) is 12.5 Å². The third kappa shape index (κ3) is 2.92. The Hall–Kier alpha value is -1.49. The fraction of sp³-hybridized carbons (Fsp3) is 0.500. The molecule has 104 valence electrons. The molecule has 1 saturated carbocycles. The van der Waals surface area contributed by atoms with Crippen LogP contribution in [0.2, 0.25) is 0 Å². The van der Waals surface area contributed by atoms with Gasteiger partial charge in [-0.2, -0.15) is 0 Å². The lowest BCUT2D eigenvalue weighted by Gasteiger charge is -2.40. The summed E-state index contributed by atoms with van der Waals surface area (Å²) in [7, 11) is 1.76. The van der Waals surface area contributed by atoms with E-state index in [2.05, 4.69) is 0 Å². The summed E-state index contributed by atoms with van der Waals surface area (Å²) in [5.74, 6) is -1.99. The van der Waals surface area contributed by atoms with Crippen molar-refractivity contribution in [2.45, 2.75) is 25.8 Å². The van der Waals surface area contributed by atoms with Crippen LogP contribution in [-0.2, 0) is 11.3 Å². The van der Waals surface area contributed by atoms with Gasteiger partial charge in [0.2, 0.25) is 0 Å². The first-order valence-electron chi connectivity index (χ1n) is 6.29. The summed E-state index contributed by atoms with van der Waals surface area (Å²) in [6.45, 7) is 0.667. The van der Waals surface area contributed by atoms with E-state index in [1.165, 1.54) is 12.1 Å². The van der Waals surface area contributed by atoms with Gasteiger partial charge in [0, 0.05) is 24.7 Å². The lowest BCUT2D eigenvalue weighted by atomic mass is 9.68. The minimum atomic E-state index is -0.787. The Kier molecular flexibility index (Phi) is 3.85. The molecule has 2 rings (SSSR count). The van der Waals surface area contributed by atoms with Crippen molar-refractivity contribution in [3.63, 3.8) is 0 Å². The maximum Gasteiger partial charge on any atom is 0.310 e. The number of hydrogen-bond donors (Lipinski definition) is 1. The fourth-order valence-electron chi connectivity index (χ4n) is 2.56. The Morgan fingerprint density at radius 2 is 2.11 bits per heavy atom. The summed E-state index contributed by atoms with van der Waals surface area (Å²) in [6.07, 6.45) is 2.25. The van der Waals surface area contributed by atoms with E-state index in [0.29, 0.717) is 24.9 Å². The average Bonchev–Trinajstić information content (AvgIpc) is 2.27. The number of carbonyl (C=O) groups is 1. The first kappa shape index (κ1) is 13.9. The third-order valence-electron chi connectivity index (χ3n) is 3.79. The highest BCUT2D eigenvalue weighted by atomic mass is 19.1. The summed E-state index contributed by atoms with van der Waals surface area (Å²) in [5.41, 5.74) is -0.311. The largest absolute Gasteiger partial charge is 0.481 e. The number of carboxylic acids is 1. The molecule has 1 aliphatic carbocycles. The number of halogens is 2. The van der Waals surface area contributed by atoms with E-state index in [1.54, 1.807) is 11.9 Å². The molecule has 19 heavy (non-hydrogen) atoms. The van der Waals surface area contributed by atoms with Crippen molar-refractivity contribution >= 4 is 5.97 Å². The van der Waals surface area contributed by atoms with Crippen molar-refractivity contribution in [3.05, 3.63) is 35.4 Å². The molecule has 0 unspecified atom stereocenters. The third-order valence-corrected chi connectivity index (χ3v) is 3.79. The second kappa shape index (κ2) is 5.25. The molecular formula is C14H17F2NO2. The number of carboxylic acid groups (broad SMARTS) is 1. The van der Waals surface area contributed by atoms with Crippen LogP contribution in [0.15, 0.2) is 18.2 Å². The highest BCUT2D eigenvalue weighted by molar-refractivity contribution is 5.76. The number of benzene rings is 1. The summed E-state index contributed by atoms with van der Waals surface area (Å²) >= 11 is 0. The van der Waals surface area contributed by atoms with Crippen LogP contribution in [0.1, 0.15) is 24.8 Å². The Balaban J connectivity index is 2.01. The molecular weight excluding hydrogens is 252 g/mol. The monoisotopic (exact) mass is 269 g/mol. The predicted octanol–water partition coefficient (Wildman–Crippen LogP) is 2.65. The van der Waals surface area contributed by atoms with E-state index in [0.717, 1.165) is 12.5 Å². The van der Waals surface area contributed by atoms with E-state index in [4.69, 9.17) is 0 Å². The van der Waals surface area contributed by atoms with Crippen LogP contribution in [0.25, 0.3) is 0 Å². The van der Waals surface area contributed by atoms with E-state index in [9.17, 15) is 18.7 Å². The maximum absolute atomic E-state index is 13.5. The number of aliphatic carboxylic acids is 1. The second-order valence-corrected chi connectivity index (χ2v) is 5.35. The molecule has 1 aliphatic rings. The van der Waals surface area contributed by atoms with E-state index >= 15 is 0 Å². The van der Waals surface area contributed by atoms with E-state index < -0.39 is 23.0 Å². The van der Waals surface area contributed by atoms with E-state index in [-0.39, 0.29) is 6.54 Å². The van der Waals surface area contributed by atoms with Crippen molar-refractivity contribution in [2.75, 3.05) is 13.6 Å². The molecule has 0 aliphatic heterocycles. The molecule has 0 atom stereocenters. The van der Waals surface area contributed by atoms with Crippen molar-refractivity contribution in [1.29, 1.82) is 0 Å². The molecule has 0 radical (unpaired) electrons. The summed E-state index contributed by atoms with van der Waals surface area (Å²) < 4.78 is 26.3. The SMILES string of the molecule is CN(Cc1ccc(F)cc1F)CC1(C(=O)O)CCC1. The van der Waals surface area contributed by atoms with Crippen molar-refractivity contribution in [1.82, 2.24) is 4.90 Å². The highest BCUT2D eigenvalue weighted by Gasteiger charge is 2.44. The minimum Gasteiger partial charge on any atom is -0.481 e. The normalized spacial score (nSPS) is 17.3. The molecule has 5 heteroatoms. The van der Waals surface area contributed by atoms with Crippen LogP contribution in [0.3, 0.4) is 0 Å². The molecule has 0 heterocycles. The molecule has 0 spiro atoms. The average molecular weight is 269 g/mol. The summed E-state index contributed by atoms with van der Waals surface area (Å²) in [5, 5.41) is 9.24. The quantitative estimate of drug-likeness (QED) is 0.893. The summed E-state index contributed by atoms with van der Waals surface area (Å²) in [6, 6.07) is 3.46. The molecule has 0 bridgehead atoms. The van der Waals surface area contributed by atoms with Gasteiger partial charge in [0.25, 0.3) is 0 Å². The van der Waals surface area contributed by atoms with Crippen molar-refractivity contribution in [2.24, 2.45) is 5.41 Å². The van der Waals surface area contributed by atoms with Gasteiger partial charge in [-0.15, -0.1) is 0 Å². The van der Waals surface area contributed by atoms with Crippen LogP contribution in [0, 0.1) is 17.0 Å². The zero-order valence-corrected chi connectivity index (χ0v) is 10.8. The van der Waals surface area contributed by atoms with Crippen LogP contribution < -0.4 is 0 Å². The Bertz CT molecular complexity index is 486. The van der Waals surface area contributed by atoms with Gasteiger partial charge in [0.15, 0.2) is 0 Å². The van der Waals surface area contributed by atoms with Gasteiger partial charge in [-0.05, 0) is 26.0 Å². The number of hydrogen-bond acceptors (Lipinski definition) is 2. The first-order chi connectivity index (χ1) is 8.93. The molecule has 1 aromatic carbocycles. The first-order valence-corrected chi connectivity index (χ1v) is 6.29. The lowest BCUT2D eigenvalue weighted by molar-refractivity contribution is -0.156. The molecule has 0 amide bonds. The fourth-order valence-corrected chi connectivity index (χ4v) is 2.56. The van der Waals surface area contributed by atoms with Gasteiger partial charge >= 0.3 is 5.97 Å². The Morgan fingerprint density at radius 3 is 2.58 bits per heavy atom. The predicted molar refractivity (Wildman–Crippen MR) is 66.6 cm³/mol. The Labute approximate surface area is 110 Å². The zero-order chi connectivity index (χ0) is 14.0. The Morgan fingerprint density at radius 1 is 1.42 bits per heavy atom. The van der Waals surface area contributed by atoms with Gasteiger partial charge in [0.05, 0.1) is 5.41 Å². The van der Waals surface area contributed by atoms with Crippen LogP contribution >= 0.6 is 0 Å². The van der Waals surface area contributed by atoms with Gasteiger partial charge < -0.3 is 10.0 Å². The van der Waals surface area contributed by atoms with Gasteiger partial charge in [-0.25, -0.2) is 8.78 Å². The van der Waals surface area contributed by atoms with Crippen LogP contribution in [-0.4, -0.2) is 29.6 Å². The minimum absolute atomic E-state index is 0.279. The van der Waals surface area contributed by atoms with Crippen molar-refractivity contribution in [3.8, 4) is 0 Å². The molecule has 0 saturated heterocycles. The highest BCUT2D eigenvalue weighted by Crippen LogP contribution is 2.41. The van der Waals surface area contributed by atoms with Crippen LogP contribution in [0.5, 0.6) is 0 Å². The molecule has 1 aromatic rings. The second-order valence-electron chi connectivity index (χ2n) is 5.35. The summed E-state index contributed by atoms with van der Waals surface area (Å²) in [4.78, 5) is 13.0.